The lowest BCUT2D eigenvalue weighted by molar-refractivity contribution is -0.0549. The molecule has 1 fully saturated rings. The number of ether oxygens (including phenoxy) is 1. The van der Waals surface area contributed by atoms with E-state index in [0.717, 1.165) is 16.5 Å². The minimum Gasteiger partial charge on any atom is -0.379 e. The third kappa shape index (κ3) is 1.57. The number of fused-ring (bicyclic) bond motifs is 1. The Morgan fingerprint density at radius 3 is 2.78 bits per heavy atom. The maximum atomic E-state index is 11.5. The Kier molecular flexibility index (Phi) is 2.50. The SMILES string of the molecule is Cc1cc2cc(C3(CN)COC3)ccc2[nH]c1=O. The first kappa shape index (κ1) is 11.4. The second kappa shape index (κ2) is 3.93. The average Bonchev–Trinajstić information content (AvgIpc) is 2.30. The largest absolute Gasteiger partial charge is 0.379 e. The number of hydrogen-bond donors (Lipinski definition) is 2. The number of rotatable bonds is 2. The quantitative estimate of drug-likeness (QED) is 0.830. The summed E-state index contributed by atoms with van der Waals surface area (Å²) >= 11 is 0. The zero-order chi connectivity index (χ0) is 12.8. The number of benzene rings is 1. The van der Waals surface area contributed by atoms with Crippen molar-refractivity contribution in [2.75, 3.05) is 19.8 Å². The van der Waals surface area contributed by atoms with Crippen molar-refractivity contribution >= 4 is 10.9 Å². The van der Waals surface area contributed by atoms with Crippen LogP contribution >= 0.6 is 0 Å². The number of nitrogens with two attached hydrogens (primary N) is 1. The molecule has 2 heterocycles. The molecule has 1 saturated heterocycles. The maximum absolute atomic E-state index is 11.5. The summed E-state index contributed by atoms with van der Waals surface area (Å²) in [5.74, 6) is 0. The second-order valence-corrected chi connectivity index (χ2v) is 5.06. The van der Waals surface area contributed by atoms with Crippen LogP contribution < -0.4 is 11.3 Å². The molecule has 0 amide bonds. The zero-order valence-corrected chi connectivity index (χ0v) is 10.3. The lowest BCUT2D eigenvalue weighted by atomic mass is 9.78. The summed E-state index contributed by atoms with van der Waals surface area (Å²) in [5, 5.41) is 1.05. The summed E-state index contributed by atoms with van der Waals surface area (Å²) in [6.45, 7) is 3.76. The Labute approximate surface area is 105 Å². The molecular weight excluding hydrogens is 228 g/mol. The number of H-pyrrole nitrogens is 1. The van der Waals surface area contributed by atoms with E-state index in [1.54, 1.807) is 0 Å². The van der Waals surface area contributed by atoms with Crippen molar-refractivity contribution < 1.29 is 4.74 Å². The van der Waals surface area contributed by atoms with Crippen LogP contribution in [0.1, 0.15) is 11.1 Å². The minimum absolute atomic E-state index is 0.0317. The molecule has 4 heteroatoms. The number of pyridine rings is 1. The van der Waals surface area contributed by atoms with E-state index < -0.39 is 0 Å². The Hall–Kier alpha value is -1.65. The van der Waals surface area contributed by atoms with Gasteiger partial charge in [-0.05, 0) is 36.1 Å². The summed E-state index contributed by atoms with van der Waals surface area (Å²) in [4.78, 5) is 14.4. The fourth-order valence-corrected chi connectivity index (χ4v) is 2.40. The van der Waals surface area contributed by atoms with Crippen LogP contribution in [0.4, 0.5) is 0 Å². The summed E-state index contributed by atoms with van der Waals surface area (Å²) in [6.07, 6.45) is 0. The van der Waals surface area contributed by atoms with Crippen molar-refractivity contribution in [2.45, 2.75) is 12.3 Å². The first-order valence-corrected chi connectivity index (χ1v) is 6.07. The third-order valence-corrected chi connectivity index (χ3v) is 3.79. The molecule has 1 aliphatic heterocycles. The number of aryl methyl sites for hydroxylation is 1. The van der Waals surface area contributed by atoms with Crippen LogP contribution in [-0.2, 0) is 10.2 Å². The van der Waals surface area contributed by atoms with Crippen molar-refractivity contribution in [3.8, 4) is 0 Å². The molecule has 0 radical (unpaired) electrons. The van der Waals surface area contributed by atoms with Crippen molar-refractivity contribution in [3.05, 3.63) is 45.7 Å². The smallest absolute Gasteiger partial charge is 0.251 e. The summed E-state index contributed by atoms with van der Waals surface area (Å²) in [7, 11) is 0. The van der Waals surface area contributed by atoms with Crippen LogP contribution in [0.5, 0.6) is 0 Å². The molecule has 0 saturated carbocycles. The van der Waals surface area contributed by atoms with Gasteiger partial charge in [-0.3, -0.25) is 4.79 Å². The van der Waals surface area contributed by atoms with Crippen LogP contribution in [0.15, 0.2) is 29.1 Å². The van der Waals surface area contributed by atoms with Crippen LogP contribution in [0.3, 0.4) is 0 Å². The van der Waals surface area contributed by atoms with Gasteiger partial charge < -0.3 is 15.5 Å². The van der Waals surface area contributed by atoms with E-state index in [9.17, 15) is 4.79 Å². The van der Waals surface area contributed by atoms with Crippen LogP contribution in [0, 0.1) is 6.92 Å². The Morgan fingerprint density at radius 1 is 1.39 bits per heavy atom. The van der Waals surface area contributed by atoms with Gasteiger partial charge in [-0.1, -0.05) is 6.07 Å². The molecule has 1 aromatic carbocycles. The highest BCUT2D eigenvalue weighted by Crippen LogP contribution is 2.32. The molecule has 0 aliphatic carbocycles. The summed E-state index contributed by atoms with van der Waals surface area (Å²) in [6, 6.07) is 8.00. The van der Waals surface area contributed by atoms with Gasteiger partial charge in [0, 0.05) is 17.6 Å². The summed E-state index contributed by atoms with van der Waals surface area (Å²) < 4.78 is 5.30. The van der Waals surface area contributed by atoms with Crippen molar-refractivity contribution in [2.24, 2.45) is 5.73 Å². The predicted octanol–water partition coefficient (Wildman–Crippen LogP) is 1.06. The van der Waals surface area contributed by atoms with E-state index in [4.69, 9.17) is 10.5 Å². The number of hydrogen-bond acceptors (Lipinski definition) is 3. The van der Waals surface area contributed by atoms with Crippen LogP contribution in [0.2, 0.25) is 0 Å². The lowest BCUT2D eigenvalue weighted by Gasteiger charge is -2.41. The maximum Gasteiger partial charge on any atom is 0.251 e. The normalized spacial score (nSPS) is 17.7. The first-order valence-electron chi connectivity index (χ1n) is 6.07. The van der Waals surface area contributed by atoms with E-state index in [1.807, 2.05) is 25.1 Å². The predicted molar refractivity (Wildman–Crippen MR) is 70.9 cm³/mol. The van der Waals surface area contributed by atoms with Gasteiger partial charge in [0.1, 0.15) is 0 Å². The lowest BCUT2D eigenvalue weighted by Crippen LogP contribution is -2.52. The fourth-order valence-electron chi connectivity index (χ4n) is 2.40. The van der Waals surface area contributed by atoms with Crippen molar-refractivity contribution in [1.29, 1.82) is 0 Å². The van der Waals surface area contributed by atoms with E-state index in [-0.39, 0.29) is 11.0 Å². The monoisotopic (exact) mass is 244 g/mol. The van der Waals surface area contributed by atoms with E-state index in [0.29, 0.717) is 19.8 Å². The number of nitrogens with one attached hydrogen (secondary N) is 1. The minimum atomic E-state index is -0.0434. The molecule has 2 aromatic rings. The van der Waals surface area contributed by atoms with Crippen LogP contribution in [-0.4, -0.2) is 24.7 Å². The van der Waals surface area contributed by atoms with E-state index in [1.165, 1.54) is 5.56 Å². The molecule has 1 aromatic heterocycles. The van der Waals surface area contributed by atoms with Gasteiger partial charge >= 0.3 is 0 Å². The summed E-state index contributed by atoms with van der Waals surface area (Å²) in [5.41, 5.74) is 8.57. The van der Waals surface area contributed by atoms with Crippen LogP contribution in [0.25, 0.3) is 10.9 Å². The van der Waals surface area contributed by atoms with E-state index >= 15 is 0 Å². The molecule has 94 valence electrons. The first-order chi connectivity index (χ1) is 8.64. The van der Waals surface area contributed by atoms with Gasteiger partial charge in [0.2, 0.25) is 0 Å². The molecule has 0 unspecified atom stereocenters. The molecule has 0 spiro atoms. The van der Waals surface area contributed by atoms with Gasteiger partial charge in [0.25, 0.3) is 5.56 Å². The highest BCUT2D eigenvalue weighted by Gasteiger charge is 2.39. The Bertz CT molecular complexity index is 651. The fraction of sp³-hybridized carbons (Fsp3) is 0.357. The molecule has 3 N–H and O–H groups in total. The van der Waals surface area contributed by atoms with Crippen molar-refractivity contribution in [1.82, 2.24) is 4.98 Å². The molecule has 0 atom stereocenters. The third-order valence-electron chi connectivity index (χ3n) is 3.79. The molecule has 4 nitrogen and oxygen atoms in total. The Morgan fingerprint density at radius 2 is 2.17 bits per heavy atom. The molecule has 1 aliphatic rings. The van der Waals surface area contributed by atoms with Gasteiger partial charge in [-0.2, -0.15) is 0 Å². The highest BCUT2D eigenvalue weighted by atomic mass is 16.5. The van der Waals surface area contributed by atoms with Crippen molar-refractivity contribution in [3.63, 3.8) is 0 Å². The number of aromatic nitrogens is 1. The molecular formula is C14H16N2O2. The molecule has 3 rings (SSSR count). The zero-order valence-electron chi connectivity index (χ0n) is 10.3. The second-order valence-electron chi connectivity index (χ2n) is 5.06. The molecule has 0 bridgehead atoms. The number of aromatic amines is 1. The topological polar surface area (TPSA) is 68.1 Å². The average molecular weight is 244 g/mol. The van der Waals surface area contributed by atoms with Gasteiger partial charge in [-0.15, -0.1) is 0 Å². The van der Waals surface area contributed by atoms with Gasteiger partial charge in [0.15, 0.2) is 0 Å². The highest BCUT2D eigenvalue weighted by molar-refractivity contribution is 5.80. The van der Waals surface area contributed by atoms with Gasteiger partial charge in [0.05, 0.1) is 18.6 Å². The Balaban J connectivity index is 2.16. The standard InChI is InChI=1S/C14H16N2O2/c1-9-4-10-5-11(14(6-15)7-18-8-14)2-3-12(10)16-13(9)17/h2-5H,6-8,15H2,1H3,(H,16,17). The molecule has 18 heavy (non-hydrogen) atoms. The van der Waals surface area contributed by atoms with Gasteiger partial charge in [-0.25, -0.2) is 0 Å². The van der Waals surface area contributed by atoms with E-state index in [2.05, 4.69) is 11.1 Å².